The molecule has 0 N–H and O–H groups in total. The first-order valence-electron chi connectivity index (χ1n) is 9.25. The molecule has 0 atom stereocenters. The van der Waals surface area contributed by atoms with Gasteiger partial charge in [0.05, 0.1) is 4.92 Å². The number of carbonyl (C=O) groups is 1. The number of benzene rings is 1. The van der Waals surface area contributed by atoms with E-state index in [9.17, 15) is 25.0 Å². The van der Waals surface area contributed by atoms with Gasteiger partial charge in [-0.2, -0.15) is 0 Å². The van der Waals surface area contributed by atoms with Gasteiger partial charge in [-0.15, -0.1) is 0 Å². The first-order chi connectivity index (χ1) is 13.8. The van der Waals surface area contributed by atoms with Crippen molar-refractivity contribution in [2.24, 2.45) is 0 Å². The van der Waals surface area contributed by atoms with Crippen molar-refractivity contribution < 1.29 is 14.6 Å². The zero-order chi connectivity index (χ0) is 21.0. The molecule has 2 aromatic rings. The topological polar surface area (TPSA) is 128 Å². The van der Waals surface area contributed by atoms with Gasteiger partial charge in [-0.25, -0.2) is 0 Å². The normalized spacial score (nSPS) is 14.7. The highest BCUT2D eigenvalue weighted by molar-refractivity contribution is 5.76. The Balaban J connectivity index is 1.47. The summed E-state index contributed by atoms with van der Waals surface area (Å²) in [7, 11) is 0. The summed E-state index contributed by atoms with van der Waals surface area (Å²) in [5.74, 6) is 0.284. The summed E-state index contributed by atoms with van der Waals surface area (Å²) < 4.78 is 1.62. The number of amides is 1. The van der Waals surface area contributed by atoms with Crippen LogP contribution in [0.2, 0.25) is 0 Å². The second kappa shape index (κ2) is 8.78. The lowest BCUT2D eigenvalue weighted by Gasteiger charge is -2.34. The van der Waals surface area contributed by atoms with Crippen LogP contribution in [-0.4, -0.2) is 61.3 Å². The predicted octanol–water partition coefficient (Wildman–Crippen LogP) is 1.74. The number of nitrogens with zero attached hydrogens (tertiary/aromatic N) is 6. The maximum Gasteiger partial charge on any atom is 0.381 e. The maximum absolute atomic E-state index is 12.5. The van der Waals surface area contributed by atoms with Crippen molar-refractivity contribution in [1.29, 1.82) is 0 Å². The van der Waals surface area contributed by atoms with Gasteiger partial charge in [0.15, 0.2) is 0 Å². The fourth-order valence-corrected chi connectivity index (χ4v) is 3.36. The van der Waals surface area contributed by atoms with Crippen LogP contribution in [0.1, 0.15) is 17.8 Å². The van der Waals surface area contributed by atoms with Crippen LogP contribution in [0, 0.1) is 27.2 Å². The maximum atomic E-state index is 12.5. The lowest BCUT2D eigenvalue weighted by atomic mass is 10.1. The zero-order valence-corrected chi connectivity index (χ0v) is 16.1. The second-order valence-corrected chi connectivity index (χ2v) is 6.93. The quantitative estimate of drug-likeness (QED) is 0.510. The molecule has 1 aliphatic rings. The summed E-state index contributed by atoms with van der Waals surface area (Å²) in [6, 6.07) is 6.58. The molecule has 11 heteroatoms. The Morgan fingerprint density at radius 3 is 2.48 bits per heavy atom. The Morgan fingerprint density at radius 1 is 1.14 bits per heavy atom. The Kier molecular flexibility index (Phi) is 6.17. The average Bonchev–Trinajstić information content (AvgIpc) is 3.08. The van der Waals surface area contributed by atoms with Crippen molar-refractivity contribution in [3.05, 3.63) is 62.1 Å². The first-order valence-corrected chi connectivity index (χ1v) is 9.25. The van der Waals surface area contributed by atoms with E-state index in [4.69, 9.17) is 0 Å². The summed E-state index contributed by atoms with van der Waals surface area (Å²) in [4.78, 5) is 41.0. The number of rotatable bonds is 7. The highest BCUT2D eigenvalue weighted by Crippen LogP contribution is 2.16. The number of non-ortho nitro benzene ring substituents is 1. The lowest BCUT2D eigenvalue weighted by Crippen LogP contribution is -2.48. The molecule has 1 saturated heterocycles. The molecule has 0 aliphatic carbocycles. The van der Waals surface area contributed by atoms with Crippen LogP contribution >= 0.6 is 0 Å². The molecule has 29 heavy (non-hydrogen) atoms. The van der Waals surface area contributed by atoms with Crippen LogP contribution in [0.4, 0.5) is 11.5 Å². The molecule has 1 fully saturated rings. The summed E-state index contributed by atoms with van der Waals surface area (Å²) in [5.41, 5.74) is 0.947. The van der Waals surface area contributed by atoms with Crippen molar-refractivity contribution in [2.75, 3.05) is 26.2 Å². The van der Waals surface area contributed by atoms with Gasteiger partial charge in [0.25, 0.3) is 5.69 Å². The molecule has 0 spiro atoms. The molecule has 1 aliphatic heterocycles. The fourth-order valence-electron chi connectivity index (χ4n) is 3.36. The van der Waals surface area contributed by atoms with Crippen LogP contribution in [0.3, 0.4) is 0 Å². The number of carbonyl (C=O) groups excluding carboxylic acids is 1. The van der Waals surface area contributed by atoms with Crippen molar-refractivity contribution in [2.45, 2.75) is 26.4 Å². The molecule has 2 heterocycles. The molecule has 0 saturated carbocycles. The third kappa shape index (κ3) is 5.13. The van der Waals surface area contributed by atoms with Crippen molar-refractivity contribution in [3.8, 4) is 0 Å². The molecule has 1 aromatic heterocycles. The molecule has 0 radical (unpaired) electrons. The van der Waals surface area contributed by atoms with Crippen LogP contribution in [-0.2, 0) is 17.9 Å². The van der Waals surface area contributed by atoms with Gasteiger partial charge in [0, 0.05) is 64.7 Å². The Bertz CT molecular complexity index is 919. The van der Waals surface area contributed by atoms with Crippen LogP contribution in [0.25, 0.3) is 0 Å². The molecule has 1 amide bonds. The number of imidazole rings is 1. The molecule has 1 aromatic carbocycles. The summed E-state index contributed by atoms with van der Waals surface area (Å²) in [6.45, 7) is 5.15. The number of nitro benzene ring substituents is 1. The number of hydrogen-bond donors (Lipinski definition) is 0. The van der Waals surface area contributed by atoms with Crippen LogP contribution in [0.5, 0.6) is 0 Å². The minimum atomic E-state index is -0.550. The van der Waals surface area contributed by atoms with E-state index in [1.807, 2.05) is 6.07 Å². The second-order valence-electron chi connectivity index (χ2n) is 6.93. The molecular weight excluding hydrogens is 380 g/mol. The van der Waals surface area contributed by atoms with E-state index < -0.39 is 9.85 Å². The van der Waals surface area contributed by atoms with Gasteiger partial charge in [-0.3, -0.25) is 19.8 Å². The van der Waals surface area contributed by atoms with Gasteiger partial charge in [-0.05, 0) is 15.5 Å². The highest BCUT2D eigenvalue weighted by atomic mass is 16.6. The molecule has 11 nitrogen and oxygen atoms in total. The smallest absolute Gasteiger partial charge is 0.358 e. The largest absolute Gasteiger partial charge is 0.381 e. The minimum Gasteiger partial charge on any atom is -0.358 e. The van der Waals surface area contributed by atoms with E-state index in [0.717, 1.165) is 5.56 Å². The van der Waals surface area contributed by atoms with Gasteiger partial charge in [0.1, 0.15) is 6.20 Å². The number of aromatic nitrogens is 2. The van der Waals surface area contributed by atoms with Gasteiger partial charge < -0.3 is 19.6 Å². The van der Waals surface area contributed by atoms with Crippen molar-refractivity contribution >= 4 is 17.4 Å². The standard InChI is InChI=1S/C18H22N6O5/c1-14-19-17(24(28)29)13-22(14)6-5-18(25)21-9-7-20(8-10-21)12-15-3-2-4-16(11-15)23(26)27/h2-4,11,13H,5-10,12H2,1H3. The number of piperazine rings is 1. The Morgan fingerprint density at radius 2 is 1.86 bits per heavy atom. The zero-order valence-electron chi connectivity index (χ0n) is 16.1. The molecule has 154 valence electrons. The summed E-state index contributed by atoms with van der Waals surface area (Å²) in [6.07, 6.45) is 1.60. The van der Waals surface area contributed by atoms with E-state index in [2.05, 4.69) is 9.88 Å². The highest BCUT2D eigenvalue weighted by Gasteiger charge is 2.22. The number of nitro groups is 2. The van der Waals surface area contributed by atoms with E-state index in [1.54, 1.807) is 28.5 Å². The molecular formula is C18H22N6O5. The number of aryl methyl sites for hydroxylation is 2. The summed E-state index contributed by atoms with van der Waals surface area (Å²) >= 11 is 0. The monoisotopic (exact) mass is 402 g/mol. The minimum absolute atomic E-state index is 0.00393. The Labute approximate surface area is 166 Å². The van der Waals surface area contributed by atoms with E-state index in [-0.39, 0.29) is 23.8 Å². The average molecular weight is 402 g/mol. The van der Waals surface area contributed by atoms with Gasteiger partial charge in [-0.1, -0.05) is 12.1 Å². The van der Waals surface area contributed by atoms with Gasteiger partial charge >= 0.3 is 5.82 Å². The molecule has 0 bridgehead atoms. The molecule has 0 unspecified atom stereocenters. The molecule has 3 rings (SSSR count). The SMILES string of the molecule is Cc1nc([N+](=O)[O-])cn1CCC(=O)N1CCN(Cc2cccc([N+](=O)[O-])c2)CC1. The van der Waals surface area contributed by atoms with Crippen molar-refractivity contribution in [3.63, 3.8) is 0 Å². The number of hydrogen-bond acceptors (Lipinski definition) is 7. The summed E-state index contributed by atoms with van der Waals surface area (Å²) in [5, 5.41) is 21.7. The van der Waals surface area contributed by atoms with Crippen LogP contribution in [0.15, 0.2) is 30.5 Å². The van der Waals surface area contributed by atoms with Crippen molar-refractivity contribution in [1.82, 2.24) is 19.4 Å². The lowest BCUT2D eigenvalue weighted by molar-refractivity contribution is -0.389. The predicted molar refractivity (Wildman–Crippen MR) is 103 cm³/mol. The Hall–Kier alpha value is -3.34. The van der Waals surface area contributed by atoms with E-state index in [0.29, 0.717) is 45.1 Å². The first kappa shape index (κ1) is 20.4. The van der Waals surface area contributed by atoms with E-state index in [1.165, 1.54) is 12.3 Å². The van der Waals surface area contributed by atoms with E-state index >= 15 is 0 Å². The van der Waals surface area contributed by atoms with Gasteiger partial charge in [0.2, 0.25) is 11.7 Å². The third-order valence-corrected chi connectivity index (χ3v) is 4.97. The fraction of sp³-hybridized carbons (Fsp3) is 0.444. The van der Waals surface area contributed by atoms with Crippen LogP contribution < -0.4 is 0 Å². The third-order valence-electron chi connectivity index (χ3n) is 4.97.